The maximum atomic E-state index is 4.55. The summed E-state index contributed by atoms with van der Waals surface area (Å²) >= 11 is 0. The number of hydrogen-bond donors (Lipinski definition) is 0. The standard InChI is InChI=1S/2C19H16N4.2C13H11N2.2Pt/c2*1-14-7-6-8-15(2)17(14)23-13-22(16-9-4-3-5-10-16)18-19(23)21-12-11-20-18;2*1-3-7-12(8-4-1)14-11-15-13-9-5-2-6-10-13;;/h2*3-9,11-13H,1-2H3;2*1-11H;;/q2*-2;2*-1;;. The maximum Gasteiger partial charge on any atom is 0.145 e. The normalized spacial score (nSPS) is 11.8. The average molecular weight is 1380 g/mol. The van der Waals surface area contributed by atoms with Crippen molar-refractivity contribution in [1.29, 1.82) is 0 Å². The van der Waals surface area contributed by atoms with E-state index < -0.39 is 0 Å². The molecule has 0 saturated carbocycles. The third kappa shape index (κ3) is 14.9. The van der Waals surface area contributed by atoms with E-state index in [0.717, 1.165) is 68.8 Å². The second-order valence-corrected chi connectivity index (χ2v) is 17.2. The number of fused-ring (bicyclic) bond motifs is 2. The van der Waals surface area contributed by atoms with Crippen molar-refractivity contribution in [2.45, 2.75) is 27.7 Å². The largest absolute Gasteiger partial charge is 0.477 e. The number of aryl methyl sites for hydroxylation is 4. The predicted molar refractivity (Wildman–Crippen MR) is 312 cm³/mol. The number of benzene rings is 8. The summed E-state index contributed by atoms with van der Waals surface area (Å²) in [5, 5.41) is 8.42. The first kappa shape index (κ1) is 57.1. The zero-order valence-corrected chi connectivity index (χ0v) is 47.8. The third-order valence-corrected chi connectivity index (χ3v) is 11.8. The van der Waals surface area contributed by atoms with Crippen molar-refractivity contribution in [1.82, 2.24) is 19.9 Å². The number of nitrogens with zero attached hydrogens (tertiary/aromatic N) is 12. The van der Waals surface area contributed by atoms with Crippen LogP contribution in [0, 0.1) is 53.2 Å². The van der Waals surface area contributed by atoms with Crippen LogP contribution >= 0.6 is 0 Å². The van der Waals surface area contributed by atoms with E-state index in [0.29, 0.717) is 0 Å². The molecule has 4 heterocycles. The van der Waals surface area contributed by atoms with Crippen molar-refractivity contribution >= 4 is 81.4 Å². The molecule has 0 fully saturated rings. The molecule has 2 aliphatic heterocycles. The van der Waals surface area contributed by atoms with E-state index in [9.17, 15) is 0 Å². The maximum absolute atomic E-state index is 4.55. The Morgan fingerprint density at radius 2 is 0.679 bits per heavy atom. The summed E-state index contributed by atoms with van der Waals surface area (Å²) < 4.78 is 0. The van der Waals surface area contributed by atoms with Crippen LogP contribution in [0.5, 0.6) is 0 Å². The van der Waals surface area contributed by atoms with Crippen LogP contribution in [0.15, 0.2) is 241 Å². The van der Waals surface area contributed by atoms with Gasteiger partial charge in [0.25, 0.3) is 0 Å². The molecule has 0 saturated heterocycles. The third-order valence-electron chi connectivity index (χ3n) is 11.8. The summed E-state index contributed by atoms with van der Waals surface area (Å²) in [7, 11) is 0. The van der Waals surface area contributed by atoms with Gasteiger partial charge in [0.1, 0.15) is 23.3 Å². The molecule has 0 atom stereocenters. The monoisotopic (exact) mass is 1380 g/mol. The molecule has 2 aliphatic rings. The van der Waals surface area contributed by atoms with Crippen LogP contribution in [0.3, 0.4) is 0 Å². The fourth-order valence-corrected chi connectivity index (χ4v) is 8.28. The Morgan fingerprint density at radius 1 is 0.372 bits per heavy atom. The van der Waals surface area contributed by atoms with Crippen LogP contribution in [0.4, 0.5) is 68.8 Å². The topological polar surface area (TPSA) is 117 Å². The van der Waals surface area contributed by atoms with Gasteiger partial charge in [-0.1, -0.05) is 170 Å². The number of rotatable bonds is 10. The second kappa shape index (κ2) is 29.1. The summed E-state index contributed by atoms with van der Waals surface area (Å²) in [6.07, 6.45) is 10.0. The van der Waals surface area contributed by atoms with E-state index >= 15 is 0 Å². The van der Waals surface area contributed by atoms with Crippen molar-refractivity contribution in [2.24, 2.45) is 9.98 Å². The van der Waals surface area contributed by atoms with Gasteiger partial charge in [-0.2, -0.15) is 60.7 Å². The summed E-state index contributed by atoms with van der Waals surface area (Å²) in [4.78, 5) is 34.8. The van der Waals surface area contributed by atoms with Crippen LogP contribution in [0.2, 0.25) is 0 Å². The summed E-state index contributed by atoms with van der Waals surface area (Å²) in [5.41, 5.74) is 12.7. The predicted octanol–water partition coefficient (Wildman–Crippen LogP) is 16.7. The van der Waals surface area contributed by atoms with E-state index in [-0.39, 0.29) is 42.1 Å². The number of anilines is 8. The van der Waals surface area contributed by atoms with Gasteiger partial charge in [0.05, 0.1) is 0 Å². The number of aromatic nitrogens is 4. The smallest absolute Gasteiger partial charge is 0.145 e. The Morgan fingerprint density at radius 3 is 1.00 bits per heavy atom. The van der Waals surface area contributed by atoms with Gasteiger partial charge >= 0.3 is 0 Å². The molecular formula is C64H54N12Pt2-6. The van der Waals surface area contributed by atoms with Crippen LogP contribution < -0.4 is 19.6 Å². The minimum atomic E-state index is 0. The number of hydrogen-bond acceptors (Lipinski definition) is 10. The first-order valence-corrected chi connectivity index (χ1v) is 24.6. The summed E-state index contributed by atoms with van der Waals surface area (Å²) in [6, 6.07) is 73.9. The Hall–Kier alpha value is -8.56. The molecule has 0 bridgehead atoms. The molecule has 78 heavy (non-hydrogen) atoms. The van der Waals surface area contributed by atoms with Crippen molar-refractivity contribution < 1.29 is 42.1 Å². The first-order valence-electron chi connectivity index (χ1n) is 24.6. The van der Waals surface area contributed by atoms with Gasteiger partial charge in [0.2, 0.25) is 0 Å². The van der Waals surface area contributed by atoms with Crippen molar-refractivity contribution in [3.05, 3.63) is 289 Å². The molecule has 2 aromatic heterocycles. The van der Waals surface area contributed by atoms with Crippen LogP contribution in [-0.2, 0) is 42.1 Å². The van der Waals surface area contributed by atoms with E-state index in [1.165, 1.54) is 22.3 Å². The van der Waals surface area contributed by atoms with Crippen molar-refractivity contribution in [2.75, 3.05) is 19.6 Å². The first-order chi connectivity index (χ1) is 37.4. The molecule has 0 unspecified atom stereocenters. The van der Waals surface area contributed by atoms with Gasteiger partial charge in [0, 0.05) is 78.3 Å². The number of aliphatic imine (C=N–C) groups is 2. The summed E-state index contributed by atoms with van der Waals surface area (Å²) in [6.45, 7) is 12.5. The van der Waals surface area contributed by atoms with E-state index in [1.807, 2.05) is 193 Å². The fourth-order valence-electron chi connectivity index (χ4n) is 8.28. The van der Waals surface area contributed by atoms with Gasteiger partial charge in [-0.15, -0.1) is 24.7 Å². The zero-order chi connectivity index (χ0) is 52.3. The van der Waals surface area contributed by atoms with Crippen molar-refractivity contribution in [3.8, 4) is 0 Å². The minimum absolute atomic E-state index is 0. The molecular weight excluding hydrogens is 1330 g/mol. The van der Waals surface area contributed by atoms with Gasteiger partial charge in [-0.3, -0.25) is 0 Å². The second-order valence-electron chi connectivity index (χ2n) is 17.2. The van der Waals surface area contributed by atoms with Gasteiger partial charge in [-0.05, 0) is 72.7 Å². The van der Waals surface area contributed by atoms with Crippen LogP contribution in [0.25, 0.3) is 10.6 Å². The van der Waals surface area contributed by atoms with E-state index in [2.05, 4.69) is 127 Å². The molecule has 12 nitrogen and oxygen atoms in total. The molecule has 0 aliphatic carbocycles. The molecule has 0 N–H and O–H groups in total. The van der Waals surface area contributed by atoms with Gasteiger partial charge < -0.3 is 40.2 Å². The Balaban J connectivity index is 0.000000153. The minimum Gasteiger partial charge on any atom is -0.477 e. The van der Waals surface area contributed by atoms with Crippen molar-refractivity contribution in [3.63, 3.8) is 0 Å². The van der Waals surface area contributed by atoms with Crippen LogP contribution in [-0.4, -0.2) is 32.6 Å². The van der Waals surface area contributed by atoms with E-state index in [4.69, 9.17) is 0 Å². The quantitative estimate of drug-likeness (QED) is 0.0755. The van der Waals surface area contributed by atoms with Gasteiger partial charge in [-0.25, -0.2) is 19.9 Å². The van der Waals surface area contributed by atoms with Crippen LogP contribution in [0.1, 0.15) is 22.3 Å². The molecule has 12 rings (SSSR count). The Bertz CT molecular complexity index is 3180. The Kier molecular flexibility index (Phi) is 21.3. The molecule has 0 amide bonds. The molecule has 0 radical (unpaired) electrons. The van der Waals surface area contributed by atoms with E-state index in [1.54, 1.807) is 37.5 Å². The fraction of sp³-hybridized carbons (Fsp3) is 0.0625. The molecule has 14 heteroatoms. The average Bonchev–Trinajstić information content (AvgIpc) is 4.14. The SMILES string of the molecule is C(=Nc1ccccc1)[N-]c1ccccc1.C(=Nc1ccccc1)[N-]c1ccccc1.Cc1cccc(C)c1N1[CH-]N(c2[c-]cccc2)c2nccnc21.Cc1cccc(C)c1N1[CH-]N(c2[c-]cccc2)c2nccnc21.[Pt].[Pt]. The Labute approximate surface area is 486 Å². The summed E-state index contributed by atoms with van der Waals surface area (Å²) in [5.74, 6) is 3.31. The zero-order valence-electron chi connectivity index (χ0n) is 43.2. The number of para-hydroxylation sites is 8. The molecule has 8 aromatic carbocycles. The molecule has 396 valence electrons. The van der Waals surface area contributed by atoms with Gasteiger partial charge in [0.15, 0.2) is 0 Å². The molecule has 10 aromatic rings. The molecule has 0 spiro atoms.